The van der Waals surface area contributed by atoms with E-state index in [0.717, 1.165) is 12.8 Å². The molecule has 0 spiro atoms. The SMILES string of the molecule is O=C(c1cc(Cl)ccc1[N+](=O)[O-])N1CC2CCC(C1)O2. The van der Waals surface area contributed by atoms with Gasteiger partial charge in [-0.25, -0.2) is 0 Å². The lowest BCUT2D eigenvalue weighted by atomic mass is 10.1. The van der Waals surface area contributed by atoms with Gasteiger partial charge in [0, 0.05) is 24.2 Å². The minimum atomic E-state index is -0.557. The van der Waals surface area contributed by atoms with Gasteiger partial charge >= 0.3 is 0 Å². The number of ether oxygens (including phenoxy) is 1. The molecular formula is C13H13ClN2O4. The van der Waals surface area contributed by atoms with Gasteiger partial charge in [0.25, 0.3) is 11.6 Å². The van der Waals surface area contributed by atoms with Crippen molar-refractivity contribution in [2.24, 2.45) is 0 Å². The molecule has 6 nitrogen and oxygen atoms in total. The molecular weight excluding hydrogens is 284 g/mol. The van der Waals surface area contributed by atoms with Crippen LogP contribution in [0.1, 0.15) is 23.2 Å². The van der Waals surface area contributed by atoms with E-state index in [0.29, 0.717) is 18.1 Å². The molecule has 0 saturated carbocycles. The number of carbonyl (C=O) groups excluding carboxylic acids is 1. The number of nitrogens with zero attached hydrogens (tertiary/aromatic N) is 2. The first-order valence-electron chi connectivity index (χ1n) is 6.43. The van der Waals surface area contributed by atoms with Crippen LogP contribution >= 0.6 is 11.6 Å². The Labute approximate surface area is 120 Å². The predicted octanol–water partition coefficient (Wildman–Crippen LogP) is 2.25. The summed E-state index contributed by atoms with van der Waals surface area (Å²) in [4.78, 5) is 24.6. The van der Waals surface area contributed by atoms with Crippen LogP contribution in [0.5, 0.6) is 0 Å². The summed E-state index contributed by atoms with van der Waals surface area (Å²) < 4.78 is 5.66. The molecule has 0 aliphatic carbocycles. The number of fused-ring (bicyclic) bond motifs is 2. The molecule has 1 amide bonds. The highest BCUT2D eigenvalue weighted by atomic mass is 35.5. The van der Waals surface area contributed by atoms with Gasteiger partial charge in [0.1, 0.15) is 5.56 Å². The first kappa shape index (κ1) is 13.3. The molecule has 106 valence electrons. The number of hydrogen-bond donors (Lipinski definition) is 0. The molecule has 1 aromatic rings. The first-order valence-corrected chi connectivity index (χ1v) is 6.81. The first-order chi connectivity index (χ1) is 9.54. The van der Waals surface area contributed by atoms with E-state index in [2.05, 4.69) is 0 Å². The Morgan fingerprint density at radius 3 is 2.60 bits per heavy atom. The third kappa shape index (κ3) is 2.36. The Bertz CT molecular complexity index is 565. The molecule has 20 heavy (non-hydrogen) atoms. The van der Waals surface area contributed by atoms with Gasteiger partial charge < -0.3 is 9.64 Å². The normalized spacial score (nSPS) is 24.8. The molecule has 2 heterocycles. The number of rotatable bonds is 2. The van der Waals surface area contributed by atoms with Crippen molar-refractivity contribution in [1.82, 2.24) is 4.90 Å². The van der Waals surface area contributed by atoms with E-state index in [4.69, 9.17) is 16.3 Å². The number of likely N-dealkylation sites (tertiary alicyclic amines) is 1. The molecule has 0 radical (unpaired) electrons. The molecule has 2 bridgehead atoms. The van der Waals surface area contributed by atoms with Crippen LogP contribution in [0.15, 0.2) is 18.2 Å². The molecule has 0 aromatic heterocycles. The zero-order chi connectivity index (χ0) is 14.3. The second kappa shape index (κ2) is 5.03. The maximum Gasteiger partial charge on any atom is 0.282 e. The van der Waals surface area contributed by atoms with Gasteiger partial charge in [-0.15, -0.1) is 0 Å². The van der Waals surface area contributed by atoms with Crippen molar-refractivity contribution in [3.05, 3.63) is 38.9 Å². The van der Waals surface area contributed by atoms with Gasteiger partial charge in [-0.2, -0.15) is 0 Å². The zero-order valence-corrected chi connectivity index (χ0v) is 11.4. The monoisotopic (exact) mass is 296 g/mol. The summed E-state index contributed by atoms with van der Waals surface area (Å²) in [5.41, 5.74) is -0.165. The topological polar surface area (TPSA) is 72.7 Å². The average molecular weight is 297 g/mol. The molecule has 2 aliphatic heterocycles. The van der Waals surface area contributed by atoms with Crippen LogP contribution in [0.3, 0.4) is 0 Å². The van der Waals surface area contributed by atoms with E-state index >= 15 is 0 Å². The summed E-state index contributed by atoms with van der Waals surface area (Å²) in [5, 5.41) is 11.3. The van der Waals surface area contributed by atoms with E-state index in [1.165, 1.54) is 18.2 Å². The number of benzene rings is 1. The highest BCUT2D eigenvalue weighted by molar-refractivity contribution is 6.31. The fourth-order valence-corrected chi connectivity index (χ4v) is 2.96. The lowest BCUT2D eigenvalue weighted by molar-refractivity contribution is -0.385. The highest BCUT2D eigenvalue weighted by Gasteiger charge is 2.37. The highest BCUT2D eigenvalue weighted by Crippen LogP contribution is 2.29. The molecule has 2 aliphatic rings. The molecule has 3 rings (SSSR count). The molecule has 2 unspecified atom stereocenters. The van der Waals surface area contributed by atoms with Gasteiger partial charge in [0.15, 0.2) is 0 Å². The van der Waals surface area contributed by atoms with Gasteiger partial charge in [-0.05, 0) is 25.0 Å². The second-order valence-corrected chi connectivity index (χ2v) is 5.52. The molecule has 2 saturated heterocycles. The van der Waals surface area contributed by atoms with Crippen molar-refractivity contribution in [2.75, 3.05) is 13.1 Å². The van der Waals surface area contributed by atoms with Gasteiger partial charge in [-0.3, -0.25) is 14.9 Å². The van der Waals surface area contributed by atoms with Crippen molar-refractivity contribution < 1.29 is 14.5 Å². The summed E-state index contributed by atoms with van der Waals surface area (Å²) >= 11 is 5.86. The summed E-state index contributed by atoms with van der Waals surface area (Å²) in [6.07, 6.45) is 1.98. The van der Waals surface area contributed by atoms with Crippen LogP contribution < -0.4 is 0 Å². The fraction of sp³-hybridized carbons (Fsp3) is 0.462. The summed E-state index contributed by atoms with van der Waals surface area (Å²) in [7, 11) is 0. The number of halogens is 1. The Morgan fingerprint density at radius 2 is 2.00 bits per heavy atom. The number of morpholine rings is 1. The molecule has 2 atom stereocenters. The lowest BCUT2D eigenvalue weighted by Gasteiger charge is -2.32. The quantitative estimate of drug-likeness (QED) is 0.620. The minimum Gasteiger partial charge on any atom is -0.371 e. The lowest BCUT2D eigenvalue weighted by Crippen LogP contribution is -2.45. The van der Waals surface area contributed by atoms with E-state index in [1.54, 1.807) is 4.90 Å². The zero-order valence-electron chi connectivity index (χ0n) is 10.6. The van der Waals surface area contributed by atoms with E-state index < -0.39 is 4.92 Å². The van der Waals surface area contributed by atoms with Crippen LogP contribution in [0.4, 0.5) is 5.69 Å². The standard InChI is InChI=1S/C13H13ClN2O4/c14-8-1-4-12(16(18)19)11(5-8)13(17)15-6-9-2-3-10(7-15)20-9/h1,4-5,9-10H,2-3,6-7H2. The molecule has 7 heteroatoms. The number of hydrogen-bond acceptors (Lipinski definition) is 4. The largest absolute Gasteiger partial charge is 0.371 e. The maximum atomic E-state index is 12.5. The average Bonchev–Trinajstić information content (AvgIpc) is 2.76. The van der Waals surface area contributed by atoms with Crippen molar-refractivity contribution >= 4 is 23.2 Å². The van der Waals surface area contributed by atoms with E-state index in [9.17, 15) is 14.9 Å². The third-order valence-corrected chi connectivity index (χ3v) is 3.95. The second-order valence-electron chi connectivity index (χ2n) is 5.09. The fourth-order valence-electron chi connectivity index (χ4n) is 2.79. The number of carbonyl (C=O) groups is 1. The van der Waals surface area contributed by atoms with Crippen LogP contribution in [0, 0.1) is 10.1 Å². The van der Waals surface area contributed by atoms with Crippen LogP contribution in [-0.4, -0.2) is 41.0 Å². The van der Waals surface area contributed by atoms with Crippen molar-refractivity contribution in [3.8, 4) is 0 Å². The number of amides is 1. The van der Waals surface area contributed by atoms with Crippen LogP contribution in [0.2, 0.25) is 5.02 Å². The summed E-state index contributed by atoms with van der Waals surface area (Å²) in [6, 6.07) is 4.05. The van der Waals surface area contributed by atoms with Gasteiger partial charge in [-0.1, -0.05) is 11.6 Å². The smallest absolute Gasteiger partial charge is 0.282 e. The molecule has 2 fully saturated rings. The number of nitro groups is 1. The van der Waals surface area contributed by atoms with Crippen LogP contribution in [-0.2, 0) is 4.74 Å². The minimum absolute atomic E-state index is 0.0452. The molecule has 0 N–H and O–H groups in total. The predicted molar refractivity (Wildman–Crippen MR) is 71.9 cm³/mol. The van der Waals surface area contributed by atoms with Crippen molar-refractivity contribution in [3.63, 3.8) is 0 Å². The van der Waals surface area contributed by atoms with E-state index in [1.807, 2.05) is 0 Å². The van der Waals surface area contributed by atoms with Crippen molar-refractivity contribution in [2.45, 2.75) is 25.0 Å². The Morgan fingerprint density at radius 1 is 1.35 bits per heavy atom. The summed E-state index contributed by atoms with van der Waals surface area (Å²) in [6.45, 7) is 0.970. The number of nitro benzene ring substituents is 1. The van der Waals surface area contributed by atoms with Gasteiger partial charge in [0.2, 0.25) is 0 Å². The Hall–Kier alpha value is -1.66. The third-order valence-electron chi connectivity index (χ3n) is 3.72. The van der Waals surface area contributed by atoms with Gasteiger partial charge in [0.05, 0.1) is 17.1 Å². The summed E-state index contributed by atoms with van der Waals surface area (Å²) in [5.74, 6) is -0.348. The van der Waals surface area contributed by atoms with E-state index in [-0.39, 0.29) is 29.4 Å². The van der Waals surface area contributed by atoms with Crippen molar-refractivity contribution in [1.29, 1.82) is 0 Å². The van der Waals surface area contributed by atoms with Crippen LogP contribution in [0.25, 0.3) is 0 Å². The molecule has 1 aromatic carbocycles. The Balaban J connectivity index is 1.90. The Kier molecular flexibility index (Phi) is 3.35. The maximum absolute atomic E-state index is 12.5.